The lowest BCUT2D eigenvalue weighted by Crippen LogP contribution is -2.53. The van der Waals surface area contributed by atoms with Gasteiger partial charge in [0.2, 0.25) is 5.91 Å². The summed E-state index contributed by atoms with van der Waals surface area (Å²) in [7, 11) is 0. The van der Waals surface area contributed by atoms with Gasteiger partial charge in [-0.25, -0.2) is 0 Å². The van der Waals surface area contributed by atoms with E-state index in [1.165, 1.54) is 11.3 Å². The van der Waals surface area contributed by atoms with Crippen LogP contribution in [0.3, 0.4) is 0 Å². The van der Waals surface area contributed by atoms with E-state index < -0.39 is 12.1 Å². The van der Waals surface area contributed by atoms with Crippen LogP contribution in [0.15, 0.2) is 16.8 Å². The molecule has 9 heteroatoms. The number of nitrogens with zero attached hydrogens (tertiary/aromatic N) is 1. The Labute approximate surface area is 185 Å². The lowest BCUT2D eigenvalue weighted by atomic mass is 9.87. The van der Waals surface area contributed by atoms with Gasteiger partial charge in [0, 0.05) is 11.9 Å². The molecule has 1 N–H and O–H groups in total. The van der Waals surface area contributed by atoms with E-state index in [2.05, 4.69) is 5.32 Å². The number of thiophene rings is 1. The molecular formula is C19H32N2O4S3. The van der Waals surface area contributed by atoms with Crippen molar-refractivity contribution in [3.05, 3.63) is 22.4 Å². The normalized spacial score (nSPS) is 21.7. The molecule has 0 aromatic carbocycles. The third-order valence-corrected chi connectivity index (χ3v) is 5.28. The molecule has 1 aromatic heterocycles. The van der Waals surface area contributed by atoms with Crippen LogP contribution in [0, 0.1) is 5.41 Å². The molecule has 0 aliphatic carbocycles. The lowest BCUT2D eigenvalue weighted by Gasteiger charge is -2.31. The average Bonchev–Trinajstić information content (AvgIpc) is 3.23. The molecule has 3 atom stereocenters. The van der Waals surface area contributed by atoms with Gasteiger partial charge in [0.1, 0.15) is 18.7 Å². The Balaban J connectivity index is 0.00000243. The van der Waals surface area contributed by atoms with Gasteiger partial charge in [0.15, 0.2) is 5.78 Å². The predicted molar refractivity (Wildman–Crippen MR) is 122 cm³/mol. The second kappa shape index (κ2) is 10.7. The van der Waals surface area contributed by atoms with E-state index in [4.69, 9.17) is 4.74 Å². The second-order valence-electron chi connectivity index (χ2n) is 7.88. The summed E-state index contributed by atoms with van der Waals surface area (Å²) >= 11 is 1.44. The second-order valence-corrected chi connectivity index (χ2v) is 8.66. The van der Waals surface area contributed by atoms with Crippen LogP contribution in [0.4, 0.5) is 0 Å². The topological polar surface area (TPSA) is 75.7 Å². The smallest absolute Gasteiger partial charge is 0.252 e. The summed E-state index contributed by atoms with van der Waals surface area (Å²) in [6, 6.07) is 0.589. The van der Waals surface area contributed by atoms with Crippen molar-refractivity contribution in [1.29, 1.82) is 0 Å². The minimum atomic E-state index is -0.653. The highest BCUT2D eigenvalue weighted by Crippen LogP contribution is 2.29. The zero-order valence-corrected chi connectivity index (χ0v) is 18.6. The van der Waals surface area contributed by atoms with Crippen molar-refractivity contribution in [1.82, 2.24) is 10.2 Å². The van der Waals surface area contributed by atoms with Crippen molar-refractivity contribution in [3.8, 4) is 0 Å². The number of likely N-dealkylation sites (tertiary alicyclic amines) is 1. The Morgan fingerprint density at radius 3 is 2.61 bits per heavy atom. The summed E-state index contributed by atoms with van der Waals surface area (Å²) in [5.74, 6) is -0.493. The van der Waals surface area contributed by atoms with Crippen molar-refractivity contribution in [2.24, 2.45) is 5.41 Å². The Morgan fingerprint density at radius 2 is 2.04 bits per heavy atom. The maximum absolute atomic E-state index is 13.1. The average molecular weight is 449 g/mol. The van der Waals surface area contributed by atoms with Crippen LogP contribution in [-0.4, -0.2) is 53.8 Å². The van der Waals surface area contributed by atoms with Gasteiger partial charge in [0.25, 0.3) is 5.91 Å². The van der Waals surface area contributed by atoms with Crippen LogP contribution in [0.5, 0.6) is 0 Å². The summed E-state index contributed by atoms with van der Waals surface area (Å²) in [5.41, 5.74) is 0.411. The van der Waals surface area contributed by atoms with E-state index in [9.17, 15) is 14.4 Å². The van der Waals surface area contributed by atoms with Crippen LogP contribution in [-0.2, 0) is 14.3 Å². The highest BCUT2D eigenvalue weighted by Gasteiger charge is 2.48. The van der Waals surface area contributed by atoms with Crippen LogP contribution in [0.25, 0.3) is 0 Å². The van der Waals surface area contributed by atoms with Crippen LogP contribution in [0.2, 0.25) is 0 Å². The van der Waals surface area contributed by atoms with E-state index in [0.29, 0.717) is 24.9 Å². The van der Waals surface area contributed by atoms with Gasteiger partial charge in [-0.15, -0.1) is 0 Å². The molecule has 0 spiro atoms. The number of Topliss-reactive ketones (excluding diaryl/α,β-unsaturated/α-hetero) is 1. The molecular weight excluding hydrogens is 416 g/mol. The summed E-state index contributed by atoms with van der Waals surface area (Å²) in [5, 5.41) is 6.46. The molecule has 0 saturated carbocycles. The van der Waals surface area contributed by atoms with E-state index >= 15 is 0 Å². The number of amides is 2. The van der Waals surface area contributed by atoms with Crippen molar-refractivity contribution in [3.63, 3.8) is 0 Å². The minimum Gasteiger partial charge on any atom is -0.368 e. The van der Waals surface area contributed by atoms with Gasteiger partial charge < -0.3 is 15.0 Å². The summed E-state index contributed by atoms with van der Waals surface area (Å²) in [4.78, 5) is 39.3. The van der Waals surface area contributed by atoms with Gasteiger partial charge in [-0.2, -0.15) is 38.3 Å². The van der Waals surface area contributed by atoms with Crippen LogP contribution in [0.1, 0.15) is 51.4 Å². The van der Waals surface area contributed by atoms with Crippen molar-refractivity contribution >= 4 is 55.9 Å². The monoisotopic (exact) mass is 448 g/mol. The number of ketones is 1. The zero-order chi connectivity index (χ0) is 18.2. The number of nitrogens with one attached hydrogen (secondary N) is 1. The fourth-order valence-corrected chi connectivity index (χ4v) is 4.13. The van der Waals surface area contributed by atoms with Crippen molar-refractivity contribution in [2.75, 3.05) is 13.2 Å². The van der Waals surface area contributed by atoms with Gasteiger partial charge >= 0.3 is 0 Å². The molecule has 2 saturated heterocycles. The lowest BCUT2D eigenvalue weighted by molar-refractivity contribution is -0.138. The number of hydrogen-bond acceptors (Lipinski definition) is 5. The predicted octanol–water partition coefficient (Wildman–Crippen LogP) is 2.71. The third-order valence-electron chi connectivity index (χ3n) is 4.60. The standard InChI is InChI=1S/C18H24N2O4S.CH4.2H2S/c1-18(2,3)8-12(19-16(22)11-5-7-25-10-11)17(23)20-6-4-14-15(20)13(21)9-24-14;;;/h5,7,10,12,14-15H,4,6,8-9H2,1-3H3,(H,19,22);1H4;2*1H2/t12-,14+,15+;;;/m0.../s1. The molecule has 6 nitrogen and oxygen atoms in total. The highest BCUT2D eigenvalue weighted by atomic mass is 32.1. The third kappa shape index (κ3) is 5.98. The highest BCUT2D eigenvalue weighted by molar-refractivity contribution is 7.59. The fraction of sp³-hybridized carbons (Fsp3) is 0.632. The first-order valence-corrected chi connectivity index (χ1v) is 9.48. The Kier molecular flexibility index (Phi) is 10.3. The maximum atomic E-state index is 13.1. The number of rotatable bonds is 4. The SMILES string of the molecule is C.CC(C)(C)C[C@H](NC(=O)c1ccsc1)C(=O)N1CC[C@H]2OCC(=O)[C@H]21.S.S. The minimum absolute atomic E-state index is 0. The van der Waals surface area contributed by atoms with E-state index in [1.807, 2.05) is 26.2 Å². The molecule has 2 aliphatic rings. The van der Waals surface area contributed by atoms with E-state index in [0.717, 1.165) is 0 Å². The van der Waals surface area contributed by atoms with Gasteiger partial charge in [0.05, 0.1) is 11.7 Å². The number of ether oxygens (including phenoxy) is 1. The zero-order valence-electron chi connectivity index (χ0n) is 15.8. The Bertz CT molecular complexity index is 673. The summed E-state index contributed by atoms with van der Waals surface area (Å²) in [6.07, 6.45) is 0.979. The number of hydrogen-bond donors (Lipinski definition) is 1. The van der Waals surface area contributed by atoms with Crippen molar-refractivity contribution in [2.45, 2.75) is 59.2 Å². The first kappa shape index (κ1) is 27.0. The van der Waals surface area contributed by atoms with Crippen LogP contribution >= 0.6 is 38.3 Å². The maximum Gasteiger partial charge on any atom is 0.252 e. The molecule has 1 aromatic rings. The molecule has 2 fully saturated rings. The number of carbonyl (C=O) groups is 3. The van der Waals surface area contributed by atoms with Gasteiger partial charge in [-0.05, 0) is 29.7 Å². The number of fused-ring (bicyclic) bond motifs is 1. The molecule has 3 rings (SSSR count). The van der Waals surface area contributed by atoms with E-state index in [1.54, 1.807) is 16.3 Å². The molecule has 0 unspecified atom stereocenters. The molecule has 2 aliphatic heterocycles. The summed E-state index contributed by atoms with van der Waals surface area (Å²) < 4.78 is 5.46. The summed E-state index contributed by atoms with van der Waals surface area (Å²) in [6.45, 7) is 6.65. The van der Waals surface area contributed by atoms with Crippen LogP contribution < -0.4 is 5.32 Å². The van der Waals surface area contributed by atoms with Gasteiger partial charge in [-0.3, -0.25) is 14.4 Å². The Morgan fingerprint density at radius 1 is 1.36 bits per heavy atom. The molecule has 3 heterocycles. The largest absolute Gasteiger partial charge is 0.368 e. The van der Waals surface area contributed by atoms with E-state index in [-0.39, 0.29) is 70.1 Å². The molecule has 0 bridgehead atoms. The quantitative estimate of drug-likeness (QED) is 0.768. The number of carbonyl (C=O) groups excluding carboxylic acids is 3. The molecule has 28 heavy (non-hydrogen) atoms. The Hall–Kier alpha value is -1.03. The van der Waals surface area contributed by atoms with Crippen molar-refractivity contribution < 1.29 is 19.1 Å². The van der Waals surface area contributed by atoms with Gasteiger partial charge in [-0.1, -0.05) is 28.2 Å². The first-order valence-electron chi connectivity index (χ1n) is 8.54. The molecule has 2 amide bonds. The first-order chi connectivity index (χ1) is 11.8. The molecule has 160 valence electrons. The fourth-order valence-electron chi connectivity index (χ4n) is 3.49. The molecule has 0 radical (unpaired) electrons.